The van der Waals surface area contributed by atoms with Crippen molar-refractivity contribution in [2.24, 2.45) is 5.92 Å². The standard InChI is InChI=1S/C13H18O2/c14-12-5-1-3-10(8-12)7-11-4-2-6-13(15)9-11/h1,3,5,8,11,13-15H,2,4,6-7,9H2. The first kappa shape index (κ1) is 10.5. The minimum atomic E-state index is -0.110. The molecule has 0 aromatic heterocycles. The van der Waals surface area contributed by atoms with Crippen LogP contribution in [0.1, 0.15) is 31.2 Å². The SMILES string of the molecule is Oc1cccc(CC2CCCC(O)C2)c1. The van der Waals surface area contributed by atoms with Crippen molar-refractivity contribution in [3.05, 3.63) is 29.8 Å². The summed E-state index contributed by atoms with van der Waals surface area (Å²) in [5, 5.41) is 18.9. The minimum absolute atomic E-state index is 0.110. The van der Waals surface area contributed by atoms with Gasteiger partial charge in [0.25, 0.3) is 0 Å². The summed E-state index contributed by atoms with van der Waals surface area (Å²) >= 11 is 0. The second-order valence-corrected chi connectivity index (χ2v) is 4.56. The quantitative estimate of drug-likeness (QED) is 0.780. The monoisotopic (exact) mass is 206 g/mol. The van der Waals surface area contributed by atoms with E-state index >= 15 is 0 Å². The Morgan fingerprint density at radius 3 is 2.87 bits per heavy atom. The number of hydrogen-bond acceptors (Lipinski definition) is 2. The molecular weight excluding hydrogens is 188 g/mol. The summed E-state index contributed by atoms with van der Waals surface area (Å²) in [5.74, 6) is 0.916. The second kappa shape index (κ2) is 4.67. The molecule has 0 aliphatic heterocycles. The van der Waals surface area contributed by atoms with Crippen LogP contribution in [0.15, 0.2) is 24.3 Å². The highest BCUT2D eigenvalue weighted by atomic mass is 16.3. The van der Waals surface area contributed by atoms with E-state index in [4.69, 9.17) is 0 Å². The smallest absolute Gasteiger partial charge is 0.115 e. The van der Waals surface area contributed by atoms with Gasteiger partial charge >= 0.3 is 0 Å². The van der Waals surface area contributed by atoms with Crippen molar-refractivity contribution in [3.63, 3.8) is 0 Å². The molecule has 2 atom stereocenters. The van der Waals surface area contributed by atoms with Crippen LogP contribution < -0.4 is 0 Å². The topological polar surface area (TPSA) is 40.5 Å². The van der Waals surface area contributed by atoms with Gasteiger partial charge in [0.1, 0.15) is 5.75 Å². The summed E-state index contributed by atoms with van der Waals surface area (Å²) in [6, 6.07) is 7.44. The summed E-state index contributed by atoms with van der Waals surface area (Å²) in [6.07, 6.45) is 5.07. The summed E-state index contributed by atoms with van der Waals surface area (Å²) in [6.45, 7) is 0. The zero-order valence-electron chi connectivity index (χ0n) is 8.89. The predicted molar refractivity (Wildman–Crippen MR) is 59.8 cm³/mol. The Hall–Kier alpha value is -1.02. The van der Waals surface area contributed by atoms with Gasteiger partial charge in [0, 0.05) is 0 Å². The van der Waals surface area contributed by atoms with Crippen LogP contribution in [0.2, 0.25) is 0 Å². The van der Waals surface area contributed by atoms with Gasteiger partial charge in [0.05, 0.1) is 6.10 Å². The lowest BCUT2D eigenvalue weighted by atomic mass is 9.83. The Kier molecular flexibility index (Phi) is 3.27. The number of hydrogen-bond donors (Lipinski definition) is 2. The maximum absolute atomic E-state index is 9.56. The van der Waals surface area contributed by atoms with Crippen molar-refractivity contribution in [1.82, 2.24) is 0 Å². The molecule has 2 rings (SSSR count). The molecule has 82 valence electrons. The van der Waals surface area contributed by atoms with Crippen molar-refractivity contribution in [3.8, 4) is 5.75 Å². The number of aliphatic hydroxyl groups is 1. The molecule has 0 bridgehead atoms. The first-order chi connectivity index (χ1) is 7.24. The molecule has 0 heterocycles. The predicted octanol–water partition coefficient (Wildman–Crippen LogP) is 2.49. The first-order valence-corrected chi connectivity index (χ1v) is 5.70. The Bertz CT molecular complexity index is 322. The molecule has 1 aliphatic carbocycles. The van der Waals surface area contributed by atoms with Crippen molar-refractivity contribution in [2.45, 2.75) is 38.2 Å². The van der Waals surface area contributed by atoms with E-state index in [1.165, 1.54) is 12.0 Å². The molecule has 1 aromatic carbocycles. The van der Waals surface area contributed by atoms with Gasteiger partial charge in [-0.25, -0.2) is 0 Å². The van der Waals surface area contributed by atoms with Gasteiger partial charge in [-0.2, -0.15) is 0 Å². The summed E-state index contributed by atoms with van der Waals surface area (Å²) in [5.41, 5.74) is 1.18. The van der Waals surface area contributed by atoms with Gasteiger partial charge in [0.2, 0.25) is 0 Å². The summed E-state index contributed by atoms with van der Waals surface area (Å²) in [4.78, 5) is 0. The van der Waals surface area contributed by atoms with Crippen LogP contribution in [-0.4, -0.2) is 16.3 Å². The molecule has 0 spiro atoms. The van der Waals surface area contributed by atoms with E-state index in [9.17, 15) is 10.2 Å². The van der Waals surface area contributed by atoms with E-state index in [0.717, 1.165) is 25.7 Å². The van der Waals surface area contributed by atoms with Crippen LogP contribution in [0, 0.1) is 5.92 Å². The van der Waals surface area contributed by atoms with E-state index in [1.54, 1.807) is 6.07 Å². The van der Waals surface area contributed by atoms with Crippen LogP contribution in [0.25, 0.3) is 0 Å². The summed E-state index contributed by atoms with van der Waals surface area (Å²) < 4.78 is 0. The van der Waals surface area contributed by atoms with Crippen LogP contribution in [0.5, 0.6) is 5.75 Å². The minimum Gasteiger partial charge on any atom is -0.508 e. The van der Waals surface area contributed by atoms with Crippen molar-refractivity contribution in [1.29, 1.82) is 0 Å². The Morgan fingerprint density at radius 2 is 2.13 bits per heavy atom. The van der Waals surface area contributed by atoms with Gasteiger partial charge in [-0.05, 0) is 49.3 Å². The highest BCUT2D eigenvalue weighted by Gasteiger charge is 2.20. The van der Waals surface area contributed by atoms with Crippen LogP contribution >= 0.6 is 0 Å². The summed E-state index contributed by atoms with van der Waals surface area (Å²) in [7, 11) is 0. The molecule has 1 fully saturated rings. The van der Waals surface area contributed by atoms with E-state index in [0.29, 0.717) is 11.7 Å². The number of phenolic OH excluding ortho intramolecular Hbond substituents is 1. The number of benzene rings is 1. The molecule has 0 amide bonds. The molecule has 2 unspecified atom stereocenters. The van der Waals surface area contributed by atoms with Gasteiger partial charge < -0.3 is 10.2 Å². The molecular formula is C13H18O2. The third-order valence-electron chi connectivity index (χ3n) is 3.19. The molecule has 0 radical (unpaired) electrons. The van der Waals surface area contributed by atoms with E-state index in [2.05, 4.69) is 0 Å². The van der Waals surface area contributed by atoms with Crippen molar-refractivity contribution < 1.29 is 10.2 Å². The van der Waals surface area contributed by atoms with E-state index in [-0.39, 0.29) is 6.10 Å². The Labute approximate surface area is 90.6 Å². The van der Waals surface area contributed by atoms with E-state index < -0.39 is 0 Å². The van der Waals surface area contributed by atoms with Gasteiger partial charge in [-0.3, -0.25) is 0 Å². The van der Waals surface area contributed by atoms with Crippen LogP contribution in [-0.2, 0) is 6.42 Å². The van der Waals surface area contributed by atoms with Crippen LogP contribution in [0.3, 0.4) is 0 Å². The zero-order valence-corrected chi connectivity index (χ0v) is 8.89. The third-order valence-corrected chi connectivity index (χ3v) is 3.19. The number of rotatable bonds is 2. The fourth-order valence-electron chi connectivity index (χ4n) is 2.46. The molecule has 1 saturated carbocycles. The molecule has 1 aliphatic rings. The second-order valence-electron chi connectivity index (χ2n) is 4.56. The maximum Gasteiger partial charge on any atom is 0.115 e. The van der Waals surface area contributed by atoms with Gasteiger partial charge in [0.15, 0.2) is 0 Å². The zero-order chi connectivity index (χ0) is 10.7. The fourth-order valence-corrected chi connectivity index (χ4v) is 2.46. The number of aromatic hydroxyl groups is 1. The molecule has 2 heteroatoms. The molecule has 15 heavy (non-hydrogen) atoms. The maximum atomic E-state index is 9.56. The van der Waals surface area contributed by atoms with E-state index in [1.807, 2.05) is 18.2 Å². The first-order valence-electron chi connectivity index (χ1n) is 5.70. The number of aliphatic hydroxyl groups excluding tert-OH is 1. The Morgan fingerprint density at radius 1 is 1.27 bits per heavy atom. The van der Waals surface area contributed by atoms with Gasteiger partial charge in [-0.1, -0.05) is 18.6 Å². The lowest BCUT2D eigenvalue weighted by Gasteiger charge is -2.25. The average Bonchev–Trinajstić information content (AvgIpc) is 2.17. The van der Waals surface area contributed by atoms with Gasteiger partial charge in [-0.15, -0.1) is 0 Å². The lowest BCUT2D eigenvalue weighted by molar-refractivity contribution is 0.101. The third kappa shape index (κ3) is 2.96. The number of phenols is 1. The fraction of sp³-hybridized carbons (Fsp3) is 0.538. The highest BCUT2D eigenvalue weighted by molar-refractivity contribution is 5.27. The molecule has 2 N–H and O–H groups in total. The Balaban J connectivity index is 1.96. The normalized spacial score (nSPS) is 26.5. The average molecular weight is 206 g/mol. The molecule has 1 aromatic rings. The lowest BCUT2D eigenvalue weighted by Crippen LogP contribution is -2.20. The highest BCUT2D eigenvalue weighted by Crippen LogP contribution is 2.27. The van der Waals surface area contributed by atoms with Crippen molar-refractivity contribution in [2.75, 3.05) is 0 Å². The van der Waals surface area contributed by atoms with Crippen LogP contribution in [0.4, 0.5) is 0 Å². The molecule has 0 saturated heterocycles. The largest absolute Gasteiger partial charge is 0.508 e. The van der Waals surface area contributed by atoms with Crippen molar-refractivity contribution >= 4 is 0 Å². The molecule has 2 nitrogen and oxygen atoms in total.